The molecule has 2 aromatic rings. The lowest BCUT2D eigenvalue weighted by atomic mass is 9.78. The number of piperidine rings is 1. The summed E-state index contributed by atoms with van der Waals surface area (Å²) in [5.74, 6) is -1.02. The van der Waals surface area contributed by atoms with Crippen LogP contribution in [0.15, 0.2) is 30.5 Å². The second kappa shape index (κ2) is 10.3. The van der Waals surface area contributed by atoms with E-state index in [0.29, 0.717) is 35.0 Å². The van der Waals surface area contributed by atoms with Crippen LogP contribution in [-0.4, -0.2) is 67.6 Å². The van der Waals surface area contributed by atoms with Crippen LogP contribution >= 0.6 is 0 Å². The van der Waals surface area contributed by atoms with Crippen molar-refractivity contribution in [3.05, 3.63) is 36.2 Å². The largest absolute Gasteiger partial charge is 0.487 e. The van der Waals surface area contributed by atoms with Crippen molar-refractivity contribution in [2.45, 2.75) is 65.2 Å². The number of likely N-dealkylation sites (tertiary alicyclic amines) is 1. The van der Waals surface area contributed by atoms with E-state index in [0.717, 1.165) is 0 Å². The van der Waals surface area contributed by atoms with E-state index in [9.17, 15) is 19.2 Å². The van der Waals surface area contributed by atoms with Crippen LogP contribution in [0.3, 0.4) is 0 Å². The van der Waals surface area contributed by atoms with Crippen LogP contribution in [0.4, 0.5) is 10.5 Å². The van der Waals surface area contributed by atoms with Gasteiger partial charge in [0.15, 0.2) is 0 Å². The van der Waals surface area contributed by atoms with Crippen molar-refractivity contribution in [1.29, 1.82) is 0 Å². The summed E-state index contributed by atoms with van der Waals surface area (Å²) in [6, 6.07) is 6.86. The van der Waals surface area contributed by atoms with Crippen LogP contribution in [0.5, 0.6) is 5.75 Å². The molecule has 3 heterocycles. The fourth-order valence-corrected chi connectivity index (χ4v) is 4.41. The Bertz CT molecular complexity index is 1190. The lowest BCUT2D eigenvalue weighted by Crippen LogP contribution is -2.55. The first-order chi connectivity index (χ1) is 17.5. The summed E-state index contributed by atoms with van der Waals surface area (Å²) in [6.45, 7) is 5.86. The van der Waals surface area contributed by atoms with Crippen LogP contribution in [0.1, 0.15) is 52.1 Å². The van der Waals surface area contributed by atoms with E-state index >= 15 is 0 Å². The van der Waals surface area contributed by atoms with Crippen LogP contribution in [0.2, 0.25) is 0 Å². The molecule has 0 saturated carbocycles. The zero-order valence-electron chi connectivity index (χ0n) is 21.2. The summed E-state index contributed by atoms with van der Waals surface area (Å²) in [5.41, 5.74) is -0.824. The number of imide groups is 3. The van der Waals surface area contributed by atoms with Gasteiger partial charge in [-0.05, 0) is 57.9 Å². The minimum atomic E-state index is -1.17. The minimum Gasteiger partial charge on any atom is -0.487 e. The first kappa shape index (κ1) is 26.3. The lowest BCUT2D eigenvalue weighted by molar-refractivity contribution is -0.155. The quantitative estimate of drug-likeness (QED) is 0.550. The number of hydrogen-bond acceptors (Lipinski definition) is 9. The summed E-state index contributed by atoms with van der Waals surface area (Å²) in [6.07, 6.45) is 1.39. The third-order valence-electron chi connectivity index (χ3n) is 6.22. The number of aliphatic hydroxyl groups is 1. The Morgan fingerprint density at radius 3 is 2.54 bits per heavy atom. The molecule has 1 spiro atoms. The average Bonchev–Trinajstić information content (AvgIpc) is 3.43. The van der Waals surface area contributed by atoms with Gasteiger partial charge in [0.05, 0.1) is 11.6 Å². The maximum absolute atomic E-state index is 13.3. The van der Waals surface area contributed by atoms with Gasteiger partial charge in [0.25, 0.3) is 0 Å². The summed E-state index contributed by atoms with van der Waals surface area (Å²) in [5, 5.41) is 16.9. The monoisotopic (exact) mass is 513 g/mol. The van der Waals surface area contributed by atoms with Crippen molar-refractivity contribution in [3.8, 4) is 5.75 Å². The number of carbonyl (C=O) groups excluding carboxylic acids is 4. The predicted molar refractivity (Wildman–Crippen MR) is 129 cm³/mol. The molecule has 2 aliphatic heterocycles. The molecule has 12 heteroatoms. The third-order valence-corrected chi connectivity index (χ3v) is 6.22. The molecule has 2 aliphatic rings. The zero-order chi connectivity index (χ0) is 26.8. The number of amides is 4. The zero-order valence-corrected chi connectivity index (χ0v) is 21.2. The number of carbonyl (C=O) groups is 4. The molecule has 4 rings (SSSR count). The van der Waals surface area contributed by atoms with Gasteiger partial charge in [-0.3, -0.25) is 19.1 Å². The van der Waals surface area contributed by atoms with Gasteiger partial charge >= 0.3 is 6.09 Å². The average molecular weight is 514 g/mol. The SMILES string of the molecule is CC(C)(C)OC(=O)N1C(=O)CCC2(CC(=O)N(c3ccc(OCc4cn(CCCO)nn4)cc3)C2)C1=O. The van der Waals surface area contributed by atoms with E-state index in [1.54, 1.807) is 55.9 Å². The third kappa shape index (κ3) is 5.79. The van der Waals surface area contributed by atoms with Crippen molar-refractivity contribution in [1.82, 2.24) is 19.9 Å². The number of benzene rings is 1. The van der Waals surface area contributed by atoms with Crippen molar-refractivity contribution >= 4 is 29.5 Å². The maximum Gasteiger partial charge on any atom is 0.424 e. The Kier molecular flexibility index (Phi) is 7.30. The molecule has 0 aliphatic carbocycles. The smallest absolute Gasteiger partial charge is 0.424 e. The Labute approximate surface area is 214 Å². The molecule has 1 unspecified atom stereocenters. The van der Waals surface area contributed by atoms with Crippen LogP contribution in [0.25, 0.3) is 0 Å². The number of ether oxygens (including phenoxy) is 2. The number of anilines is 1. The number of nitrogens with zero attached hydrogens (tertiary/aromatic N) is 5. The lowest BCUT2D eigenvalue weighted by Gasteiger charge is -2.36. The first-order valence-corrected chi connectivity index (χ1v) is 12.1. The fraction of sp³-hybridized carbons (Fsp3) is 0.520. The van der Waals surface area contributed by atoms with Gasteiger partial charge in [0.2, 0.25) is 17.7 Å². The fourth-order valence-electron chi connectivity index (χ4n) is 4.41. The molecule has 2 fully saturated rings. The minimum absolute atomic E-state index is 0.0243. The summed E-state index contributed by atoms with van der Waals surface area (Å²) in [7, 11) is 0. The Morgan fingerprint density at radius 1 is 1.14 bits per heavy atom. The van der Waals surface area contributed by atoms with Gasteiger partial charge in [-0.2, -0.15) is 4.90 Å². The Balaban J connectivity index is 1.41. The second-order valence-corrected chi connectivity index (χ2v) is 10.3. The van der Waals surface area contributed by atoms with E-state index < -0.39 is 28.9 Å². The molecule has 2 saturated heterocycles. The van der Waals surface area contributed by atoms with Crippen molar-refractivity contribution in [2.24, 2.45) is 5.41 Å². The van der Waals surface area contributed by atoms with Gasteiger partial charge in [-0.1, -0.05) is 5.21 Å². The molecule has 1 N–H and O–H groups in total. The molecule has 1 aromatic carbocycles. The molecule has 12 nitrogen and oxygen atoms in total. The standard InChI is InChI=1S/C25H31N5O7/c1-24(2,3)37-23(35)30-20(32)9-10-25(22(30)34)13-21(33)29(16-25)18-5-7-19(8-6-18)36-15-17-14-28(27-26-17)11-4-12-31/h5-8,14,31H,4,9-13,15-16H2,1-3H3. The molecule has 198 valence electrons. The number of hydrogen-bond donors (Lipinski definition) is 1. The second-order valence-electron chi connectivity index (χ2n) is 10.3. The van der Waals surface area contributed by atoms with Gasteiger partial charge < -0.3 is 19.5 Å². The van der Waals surface area contributed by atoms with Gasteiger partial charge in [0, 0.05) is 38.2 Å². The maximum atomic E-state index is 13.3. The molecule has 37 heavy (non-hydrogen) atoms. The van der Waals surface area contributed by atoms with E-state index in [4.69, 9.17) is 14.6 Å². The summed E-state index contributed by atoms with van der Waals surface area (Å²) in [4.78, 5) is 53.3. The highest BCUT2D eigenvalue weighted by Crippen LogP contribution is 2.43. The van der Waals surface area contributed by atoms with Crippen molar-refractivity contribution < 1.29 is 33.8 Å². The molecular weight excluding hydrogens is 482 g/mol. The topological polar surface area (TPSA) is 144 Å². The number of rotatable bonds is 7. The molecule has 1 aromatic heterocycles. The van der Waals surface area contributed by atoms with Gasteiger partial charge in [0.1, 0.15) is 23.7 Å². The van der Waals surface area contributed by atoms with E-state index in [2.05, 4.69) is 10.3 Å². The Hall–Kier alpha value is -3.80. The molecule has 0 radical (unpaired) electrons. The van der Waals surface area contributed by atoms with E-state index in [1.165, 1.54) is 4.90 Å². The molecule has 1 atom stereocenters. The van der Waals surface area contributed by atoms with Gasteiger partial charge in [-0.25, -0.2) is 4.79 Å². The highest BCUT2D eigenvalue weighted by atomic mass is 16.6. The predicted octanol–water partition coefficient (Wildman–Crippen LogP) is 2.05. The molecule has 0 bridgehead atoms. The Morgan fingerprint density at radius 2 is 1.86 bits per heavy atom. The van der Waals surface area contributed by atoms with Gasteiger partial charge in [-0.15, -0.1) is 5.10 Å². The number of aliphatic hydroxyl groups excluding tert-OH is 1. The molecule has 4 amide bonds. The normalized spacial score (nSPS) is 20.2. The van der Waals surface area contributed by atoms with Crippen molar-refractivity contribution in [3.63, 3.8) is 0 Å². The van der Waals surface area contributed by atoms with E-state index in [-0.39, 0.29) is 44.9 Å². The highest BCUT2D eigenvalue weighted by Gasteiger charge is 2.56. The van der Waals surface area contributed by atoms with E-state index in [1.807, 2.05) is 0 Å². The van der Waals surface area contributed by atoms with Crippen molar-refractivity contribution in [2.75, 3.05) is 18.1 Å². The van der Waals surface area contributed by atoms with Crippen LogP contribution in [-0.2, 0) is 32.3 Å². The number of aryl methyl sites for hydroxylation is 1. The summed E-state index contributed by atoms with van der Waals surface area (Å²) >= 11 is 0. The molecular formula is C25H31N5O7. The van der Waals surface area contributed by atoms with Crippen LogP contribution in [0, 0.1) is 5.41 Å². The summed E-state index contributed by atoms with van der Waals surface area (Å²) < 4.78 is 12.6. The first-order valence-electron chi connectivity index (χ1n) is 12.1. The number of aromatic nitrogens is 3. The van der Waals surface area contributed by atoms with Crippen LogP contribution < -0.4 is 9.64 Å². The highest BCUT2D eigenvalue weighted by molar-refractivity contribution is 6.15.